The van der Waals surface area contributed by atoms with Crippen LogP contribution >= 0.6 is 0 Å². The molecule has 1 aliphatic heterocycles. The van der Waals surface area contributed by atoms with Crippen molar-refractivity contribution in [3.8, 4) is 0 Å². The van der Waals surface area contributed by atoms with Gasteiger partial charge in [0, 0.05) is 19.3 Å². The Morgan fingerprint density at radius 2 is 2.22 bits per heavy atom. The van der Waals surface area contributed by atoms with Gasteiger partial charge < -0.3 is 9.64 Å². The van der Waals surface area contributed by atoms with E-state index in [-0.39, 0.29) is 12.3 Å². The number of hydrogen-bond donors (Lipinski definition) is 1. The largest absolute Gasteiger partial charge is 0.378 e. The molecule has 0 aliphatic carbocycles. The van der Waals surface area contributed by atoms with Gasteiger partial charge in [0.15, 0.2) is 0 Å². The Bertz CT molecular complexity index is 413. The molecule has 1 fully saturated rings. The molecule has 2 amide bonds. The lowest BCUT2D eigenvalue weighted by atomic mass is 10.2. The van der Waals surface area contributed by atoms with Crippen molar-refractivity contribution in [2.75, 3.05) is 31.2 Å². The van der Waals surface area contributed by atoms with E-state index >= 15 is 0 Å². The highest BCUT2D eigenvalue weighted by molar-refractivity contribution is 5.87. The number of aromatic nitrogens is 1. The zero-order chi connectivity index (χ0) is 12.8. The number of rotatable bonds is 4. The Balaban J connectivity index is 1.96. The number of hydrogen-bond acceptors (Lipinski definition) is 5. The van der Waals surface area contributed by atoms with Gasteiger partial charge in [0.05, 0.1) is 19.6 Å². The molecule has 1 N–H and O–H groups in total. The van der Waals surface area contributed by atoms with Crippen molar-refractivity contribution in [3.63, 3.8) is 0 Å². The van der Waals surface area contributed by atoms with Gasteiger partial charge in [-0.2, -0.15) is 0 Å². The summed E-state index contributed by atoms with van der Waals surface area (Å²) in [6.07, 6.45) is 2.21. The Morgan fingerprint density at radius 1 is 1.44 bits per heavy atom. The molecule has 18 heavy (non-hydrogen) atoms. The summed E-state index contributed by atoms with van der Waals surface area (Å²) in [4.78, 5) is 27.8. The predicted molar refractivity (Wildman–Crippen MR) is 65.2 cm³/mol. The van der Waals surface area contributed by atoms with E-state index in [1.54, 1.807) is 6.20 Å². The van der Waals surface area contributed by atoms with E-state index in [0.717, 1.165) is 24.5 Å². The van der Waals surface area contributed by atoms with E-state index in [0.29, 0.717) is 19.6 Å². The highest BCUT2D eigenvalue weighted by Gasteiger charge is 2.12. The van der Waals surface area contributed by atoms with Crippen LogP contribution in [0.4, 0.5) is 5.82 Å². The van der Waals surface area contributed by atoms with E-state index in [2.05, 4.69) is 15.2 Å². The van der Waals surface area contributed by atoms with Crippen molar-refractivity contribution in [1.29, 1.82) is 0 Å². The third kappa shape index (κ3) is 3.27. The second kappa shape index (κ2) is 6.11. The van der Waals surface area contributed by atoms with Crippen LogP contribution in [0.15, 0.2) is 18.3 Å². The predicted octanol–water partition coefficient (Wildman–Crippen LogP) is -0.267. The summed E-state index contributed by atoms with van der Waals surface area (Å²) in [5, 5.41) is 2.10. The van der Waals surface area contributed by atoms with Gasteiger partial charge in [0.1, 0.15) is 5.82 Å². The molecule has 0 atom stereocenters. The lowest BCUT2D eigenvalue weighted by Crippen LogP contribution is -2.36. The standard InChI is InChI=1S/C12H15N3O3/c16-9-14-12(17)7-10-1-2-11(13-8-10)15-3-5-18-6-4-15/h1-2,8-9H,3-7H2,(H,14,16,17). The van der Waals surface area contributed by atoms with Gasteiger partial charge in [-0.25, -0.2) is 4.98 Å². The highest BCUT2D eigenvalue weighted by atomic mass is 16.5. The first-order valence-corrected chi connectivity index (χ1v) is 5.80. The first-order valence-electron chi connectivity index (χ1n) is 5.80. The second-order valence-corrected chi connectivity index (χ2v) is 3.99. The van der Waals surface area contributed by atoms with Crippen molar-refractivity contribution < 1.29 is 14.3 Å². The molecule has 0 spiro atoms. The zero-order valence-electron chi connectivity index (χ0n) is 9.96. The average Bonchev–Trinajstić information content (AvgIpc) is 2.41. The number of amides is 2. The van der Waals surface area contributed by atoms with Crippen LogP contribution in [0.3, 0.4) is 0 Å². The molecule has 1 aliphatic rings. The van der Waals surface area contributed by atoms with Crippen molar-refractivity contribution >= 4 is 18.1 Å². The maximum absolute atomic E-state index is 11.2. The summed E-state index contributed by atoms with van der Waals surface area (Å²) in [6.45, 7) is 3.09. The summed E-state index contributed by atoms with van der Waals surface area (Å²) in [6, 6.07) is 3.73. The number of carbonyl (C=O) groups excluding carboxylic acids is 2. The van der Waals surface area contributed by atoms with Crippen molar-refractivity contribution in [1.82, 2.24) is 10.3 Å². The summed E-state index contributed by atoms with van der Waals surface area (Å²) in [5.74, 6) is 0.559. The van der Waals surface area contributed by atoms with E-state index in [4.69, 9.17) is 4.74 Å². The molecule has 0 saturated carbocycles. The van der Waals surface area contributed by atoms with Gasteiger partial charge in [-0.3, -0.25) is 14.9 Å². The summed E-state index contributed by atoms with van der Waals surface area (Å²) in [7, 11) is 0. The summed E-state index contributed by atoms with van der Waals surface area (Å²) in [5.41, 5.74) is 0.784. The number of imide groups is 1. The minimum absolute atomic E-state index is 0.162. The van der Waals surface area contributed by atoms with Gasteiger partial charge in [-0.05, 0) is 11.6 Å². The van der Waals surface area contributed by atoms with Gasteiger partial charge in [-0.1, -0.05) is 6.07 Å². The molecular formula is C12H15N3O3. The molecule has 1 saturated heterocycles. The number of nitrogens with zero attached hydrogens (tertiary/aromatic N) is 2. The third-order valence-corrected chi connectivity index (χ3v) is 2.73. The maximum atomic E-state index is 11.2. The van der Waals surface area contributed by atoms with Crippen LogP contribution in [0.2, 0.25) is 0 Å². The van der Waals surface area contributed by atoms with E-state index in [1.807, 2.05) is 12.1 Å². The minimum Gasteiger partial charge on any atom is -0.378 e. The Labute approximate surface area is 105 Å². The minimum atomic E-state index is -0.328. The molecule has 96 valence electrons. The monoisotopic (exact) mass is 249 g/mol. The topological polar surface area (TPSA) is 71.5 Å². The third-order valence-electron chi connectivity index (χ3n) is 2.73. The maximum Gasteiger partial charge on any atom is 0.230 e. The lowest BCUT2D eigenvalue weighted by Gasteiger charge is -2.27. The van der Waals surface area contributed by atoms with Gasteiger partial charge >= 0.3 is 0 Å². The van der Waals surface area contributed by atoms with Crippen LogP contribution in [0.1, 0.15) is 5.56 Å². The van der Waals surface area contributed by atoms with Gasteiger partial charge in [-0.15, -0.1) is 0 Å². The molecule has 0 aromatic carbocycles. The Kier molecular flexibility index (Phi) is 4.25. The molecule has 0 radical (unpaired) electrons. The van der Waals surface area contributed by atoms with Crippen LogP contribution in [0.5, 0.6) is 0 Å². The van der Waals surface area contributed by atoms with Gasteiger partial charge in [0.25, 0.3) is 0 Å². The number of nitrogens with one attached hydrogen (secondary N) is 1. The first kappa shape index (κ1) is 12.5. The van der Waals surface area contributed by atoms with Crippen LogP contribution in [0, 0.1) is 0 Å². The fourth-order valence-electron chi connectivity index (χ4n) is 1.80. The van der Waals surface area contributed by atoms with Crippen LogP contribution in [0.25, 0.3) is 0 Å². The highest BCUT2D eigenvalue weighted by Crippen LogP contribution is 2.13. The molecule has 6 heteroatoms. The SMILES string of the molecule is O=CNC(=O)Cc1ccc(N2CCOCC2)nc1. The molecule has 1 aromatic rings. The molecule has 2 rings (SSSR count). The van der Waals surface area contributed by atoms with Crippen molar-refractivity contribution in [2.45, 2.75) is 6.42 Å². The Morgan fingerprint density at radius 3 is 2.83 bits per heavy atom. The van der Waals surface area contributed by atoms with Crippen molar-refractivity contribution in [3.05, 3.63) is 23.9 Å². The van der Waals surface area contributed by atoms with Crippen LogP contribution in [-0.2, 0) is 20.7 Å². The number of ether oxygens (including phenoxy) is 1. The zero-order valence-corrected chi connectivity index (χ0v) is 9.96. The molecule has 2 heterocycles. The molecule has 0 unspecified atom stereocenters. The number of pyridine rings is 1. The quantitative estimate of drug-likeness (QED) is 0.744. The summed E-state index contributed by atoms with van der Waals surface area (Å²) >= 11 is 0. The fraction of sp³-hybridized carbons (Fsp3) is 0.417. The molecule has 6 nitrogen and oxygen atoms in total. The average molecular weight is 249 g/mol. The van der Waals surface area contributed by atoms with Crippen LogP contribution < -0.4 is 10.2 Å². The normalized spacial score (nSPS) is 15.2. The number of morpholine rings is 1. The van der Waals surface area contributed by atoms with Gasteiger partial charge in [0.2, 0.25) is 12.3 Å². The molecular weight excluding hydrogens is 234 g/mol. The lowest BCUT2D eigenvalue weighted by molar-refractivity contribution is -0.124. The number of anilines is 1. The molecule has 1 aromatic heterocycles. The van der Waals surface area contributed by atoms with Crippen molar-refractivity contribution in [2.24, 2.45) is 0 Å². The Hall–Kier alpha value is -1.95. The van der Waals surface area contributed by atoms with E-state index < -0.39 is 0 Å². The fourth-order valence-corrected chi connectivity index (χ4v) is 1.80. The second-order valence-electron chi connectivity index (χ2n) is 3.99. The number of carbonyl (C=O) groups is 2. The first-order chi connectivity index (χ1) is 8.79. The molecule has 0 bridgehead atoms. The summed E-state index contributed by atoms with van der Waals surface area (Å²) < 4.78 is 5.27. The van der Waals surface area contributed by atoms with Crippen LogP contribution in [-0.4, -0.2) is 43.6 Å². The van der Waals surface area contributed by atoms with E-state index in [9.17, 15) is 9.59 Å². The van der Waals surface area contributed by atoms with E-state index in [1.165, 1.54) is 0 Å². The smallest absolute Gasteiger partial charge is 0.230 e.